The van der Waals surface area contributed by atoms with Gasteiger partial charge in [0.15, 0.2) is 17.7 Å². The highest BCUT2D eigenvalue weighted by atomic mass is 19.1. The molecule has 6 heteroatoms. The Morgan fingerprint density at radius 1 is 1.53 bits per heavy atom. The SMILES string of the molecule is CCC(Oc1ccc(C(=O)O)cc1F)C(N)=O. The second-order valence-corrected chi connectivity index (χ2v) is 3.37. The molecule has 0 spiro atoms. The molecule has 1 aromatic rings. The van der Waals surface area contributed by atoms with Crippen molar-refractivity contribution in [3.63, 3.8) is 0 Å². The average Bonchev–Trinajstić information content (AvgIpc) is 2.26. The lowest BCUT2D eigenvalue weighted by molar-refractivity contribution is -0.124. The summed E-state index contributed by atoms with van der Waals surface area (Å²) in [4.78, 5) is 21.5. The van der Waals surface area contributed by atoms with Crippen LogP contribution in [0.3, 0.4) is 0 Å². The van der Waals surface area contributed by atoms with Crippen molar-refractivity contribution >= 4 is 11.9 Å². The fourth-order valence-corrected chi connectivity index (χ4v) is 1.23. The van der Waals surface area contributed by atoms with Crippen molar-refractivity contribution in [2.45, 2.75) is 19.4 Å². The molecule has 17 heavy (non-hydrogen) atoms. The van der Waals surface area contributed by atoms with Gasteiger partial charge in [0.2, 0.25) is 0 Å². The summed E-state index contributed by atoms with van der Waals surface area (Å²) in [5, 5.41) is 8.63. The molecule has 1 aromatic carbocycles. The third kappa shape index (κ3) is 3.17. The number of aromatic carboxylic acids is 1. The van der Waals surface area contributed by atoms with E-state index >= 15 is 0 Å². The molecule has 1 rings (SSSR count). The number of benzene rings is 1. The highest BCUT2D eigenvalue weighted by molar-refractivity contribution is 5.87. The molecule has 0 saturated carbocycles. The van der Waals surface area contributed by atoms with Crippen LogP contribution in [0, 0.1) is 5.82 Å². The lowest BCUT2D eigenvalue weighted by Gasteiger charge is -2.14. The van der Waals surface area contributed by atoms with Crippen molar-refractivity contribution in [1.82, 2.24) is 0 Å². The molecule has 0 bridgehead atoms. The molecule has 5 nitrogen and oxygen atoms in total. The van der Waals surface area contributed by atoms with Crippen molar-refractivity contribution in [3.8, 4) is 5.75 Å². The van der Waals surface area contributed by atoms with Crippen LogP contribution in [0.1, 0.15) is 23.7 Å². The topological polar surface area (TPSA) is 89.6 Å². The number of rotatable bonds is 5. The number of halogens is 1. The fourth-order valence-electron chi connectivity index (χ4n) is 1.23. The van der Waals surface area contributed by atoms with Crippen LogP contribution in [0.4, 0.5) is 4.39 Å². The summed E-state index contributed by atoms with van der Waals surface area (Å²) < 4.78 is 18.5. The zero-order valence-electron chi connectivity index (χ0n) is 9.14. The predicted molar refractivity (Wildman–Crippen MR) is 57.3 cm³/mol. The Kier molecular flexibility index (Phi) is 4.03. The lowest BCUT2D eigenvalue weighted by Crippen LogP contribution is -2.33. The van der Waals surface area contributed by atoms with Gasteiger partial charge >= 0.3 is 5.97 Å². The summed E-state index contributed by atoms with van der Waals surface area (Å²) in [7, 11) is 0. The number of carboxylic acid groups (broad SMARTS) is 1. The number of carbonyl (C=O) groups is 2. The molecule has 0 heterocycles. The van der Waals surface area contributed by atoms with E-state index in [0.717, 1.165) is 12.1 Å². The van der Waals surface area contributed by atoms with Crippen molar-refractivity contribution in [2.24, 2.45) is 5.73 Å². The van der Waals surface area contributed by atoms with Crippen LogP contribution in [0.15, 0.2) is 18.2 Å². The summed E-state index contributed by atoms with van der Waals surface area (Å²) in [5.74, 6) is -2.98. The van der Waals surface area contributed by atoms with Gasteiger partial charge in [-0.2, -0.15) is 0 Å². The summed E-state index contributed by atoms with van der Waals surface area (Å²) >= 11 is 0. The van der Waals surface area contributed by atoms with E-state index in [0.29, 0.717) is 6.42 Å². The predicted octanol–water partition coefficient (Wildman–Crippen LogP) is 1.17. The zero-order chi connectivity index (χ0) is 13.0. The molecule has 92 valence electrons. The molecular weight excluding hydrogens is 229 g/mol. The van der Waals surface area contributed by atoms with Crippen LogP contribution in [0.5, 0.6) is 5.75 Å². The highest BCUT2D eigenvalue weighted by Gasteiger charge is 2.17. The first kappa shape index (κ1) is 13.0. The monoisotopic (exact) mass is 241 g/mol. The van der Waals surface area contributed by atoms with Crippen LogP contribution in [0.2, 0.25) is 0 Å². The summed E-state index contributed by atoms with van der Waals surface area (Å²) in [6.45, 7) is 1.67. The quantitative estimate of drug-likeness (QED) is 0.809. The minimum atomic E-state index is -1.24. The van der Waals surface area contributed by atoms with Gasteiger partial charge in [-0.05, 0) is 24.6 Å². The Balaban J connectivity index is 2.93. The Bertz CT molecular complexity index is 447. The van der Waals surface area contributed by atoms with E-state index in [-0.39, 0.29) is 11.3 Å². The number of hydrogen-bond acceptors (Lipinski definition) is 3. The highest BCUT2D eigenvalue weighted by Crippen LogP contribution is 2.20. The number of hydrogen-bond donors (Lipinski definition) is 2. The third-order valence-corrected chi connectivity index (χ3v) is 2.14. The minimum absolute atomic E-state index is 0.193. The largest absolute Gasteiger partial charge is 0.478 e. The molecule has 1 atom stereocenters. The molecule has 0 aliphatic heterocycles. The van der Waals surface area contributed by atoms with E-state index < -0.39 is 23.8 Å². The Hall–Kier alpha value is -2.11. The summed E-state index contributed by atoms with van der Waals surface area (Å²) in [5.41, 5.74) is 4.85. The Labute approximate surface area is 97.0 Å². The van der Waals surface area contributed by atoms with Gasteiger partial charge in [-0.3, -0.25) is 4.79 Å². The Morgan fingerprint density at radius 2 is 2.18 bits per heavy atom. The summed E-state index contributed by atoms with van der Waals surface area (Å²) in [6, 6.07) is 3.17. The van der Waals surface area contributed by atoms with Crippen LogP contribution in [-0.2, 0) is 4.79 Å². The molecular formula is C11H12FNO4. The number of nitrogens with two attached hydrogens (primary N) is 1. The normalized spacial score (nSPS) is 11.9. The van der Waals surface area contributed by atoms with E-state index in [1.54, 1.807) is 6.92 Å². The Morgan fingerprint density at radius 3 is 2.59 bits per heavy atom. The molecule has 1 unspecified atom stereocenters. The molecule has 0 radical (unpaired) electrons. The van der Waals surface area contributed by atoms with Gasteiger partial charge in [0, 0.05) is 0 Å². The maximum absolute atomic E-state index is 13.4. The van der Waals surface area contributed by atoms with Crippen LogP contribution >= 0.6 is 0 Å². The minimum Gasteiger partial charge on any atom is -0.478 e. The maximum Gasteiger partial charge on any atom is 0.335 e. The van der Waals surface area contributed by atoms with Gasteiger partial charge in [0.25, 0.3) is 5.91 Å². The van der Waals surface area contributed by atoms with Gasteiger partial charge in [-0.15, -0.1) is 0 Å². The second-order valence-electron chi connectivity index (χ2n) is 3.37. The van der Waals surface area contributed by atoms with Gasteiger partial charge in [0.1, 0.15) is 0 Å². The fraction of sp³-hybridized carbons (Fsp3) is 0.273. The van der Waals surface area contributed by atoms with Crippen molar-refractivity contribution in [3.05, 3.63) is 29.6 Å². The maximum atomic E-state index is 13.4. The number of carbonyl (C=O) groups excluding carboxylic acids is 1. The number of amides is 1. The van der Waals surface area contributed by atoms with Crippen molar-refractivity contribution in [2.75, 3.05) is 0 Å². The summed E-state index contributed by atoms with van der Waals surface area (Å²) in [6.07, 6.45) is -0.629. The van der Waals surface area contributed by atoms with Crippen LogP contribution < -0.4 is 10.5 Å². The molecule has 0 aliphatic rings. The number of carboxylic acids is 1. The van der Waals surface area contributed by atoms with E-state index in [2.05, 4.69) is 0 Å². The van der Waals surface area contributed by atoms with Gasteiger partial charge in [0.05, 0.1) is 5.56 Å². The van der Waals surface area contributed by atoms with Crippen LogP contribution in [-0.4, -0.2) is 23.1 Å². The molecule has 3 N–H and O–H groups in total. The van der Waals surface area contributed by atoms with Gasteiger partial charge in [-0.1, -0.05) is 6.92 Å². The molecule has 0 fully saturated rings. The van der Waals surface area contributed by atoms with E-state index in [1.165, 1.54) is 6.07 Å². The van der Waals surface area contributed by atoms with Crippen molar-refractivity contribution in [1.29, 1.82) is 0 Å². The number of primary amides is 1. The van der Waals surface area contributed by atoms with Gasteiger partial charge < -0.3 is 15.6 Å². The first-order valence-corrected chi connectivity index (χ1v) is 4.94. The molecule has 1 amide bonds. The number of ether oxygens (including phenoxy) is 1. The molecule has 0 aliphatic carbocycles. The van der Waals surface area contributed by atoms with E-state index in [1.807, 2.05) is 0 Å². The van der Waals surface area contributed by atoms with E-state index in [9.17, 15) is 14.0 Å². The average molecular weight is 241 g/mol. The lowest BCUT2D eigenvalue weighted by atomic mass is 10.2. The first-order valence-electron chi connectivity index (χ1n) is 4.94. The smallest absolute Gasteiger partial charge is 0.335 e. The second kappa shape index (κ2) is 5.29. The molecule has 0 saturated heterocycles. The van der Waals surface area contributed by atoms with Gasteiger partial charge in [-0.25, -0.2) is 9.18 Å². The van der Waals surface area contributed by atoms with Crippen LogP contribution in [0.25, 0.3) is 0 Å². The molecule has 0 aromatic heterocycles. The standard InChI is InChI=1S/C11H12FNO4/c1-2-8(10(13)14)17-9-4-3-6(11(15)16)5-7(9)12/h3-5,8H,2H2,1H3,(H2,13,14)(H,15,16). The first-order chi connectivity index (χ1) is 7.95. The van der Waals surface area contributed by atoms with E-state index in [4.69, 9.17) is 15.6 Å². The van der Waals surface area contributed by atoms with Crippen molar-refractivity contribution < 1.29 is 23.8 Å². The zero-order valence-corrected chi connectivity index (χ0v) is 9.14. The third-order valence-electron chi connectivity index (χ3n) is 2.14.